The van der Waals surface area contributed by atoms with Gasteiger partial charge >= 0.3 is 0 Å². The second-order valence-corrected chi connectivity index (χ2v) is 7.49. The molecular formula is C16H16N2O5S. The molecule has 3 rings (SSSR count). The second-order valence-electron chi connectivity index (χ2n) is 5.68. The molecular weight excluding hydrogens is 332 g/mol. The number of rotatable bonds is 4. The Morgan fingerprint density at radius 2 is 2.00 bits per heavy atom. The largest absolute Gasteiger partial charge is 0.394 e. The van der Waals surface area contributed by atoms with Gasteiger partial charge in [0.15, 0.2) is 0 Å². The van der Waals surface area contributed by atoms with E-state index in [2.05, 4.69) is 0 Å². The summed E-state index contributed by atoms with van der Waals surface area (Å²) in [5.74, 6) is 0. The Hall–Kier alpha value is -2.45. The van der Waals surface area contributed by atoms with E-state index >= 15 is 0 Å². The van der Waals surface area contributed by atoms with Crippen molar-refractivity contribution in [1.82, 2.24) is 0 Å². The molecule has 126 valence electrons. The average molecular weight is 348 g/mol. The molecule has 1 heterocycles. The molecule has 1 N–H and O–H groups in total. The molecule has 0 fully saturated rings. The number of aliphatic hydroxyl groups is 1. The first-order chi connectivity index (χ1) is 11.4. The number of nitro groups is 1. The minimum absolute atomic E-state index is 0.0271. The van der Waals surface area contributed by atoms with E-state index in [1.54, 1.807) is 12.1 Å². The van der Waals surface area contributed by atoms with Crippen molar-refractivity contribution < 1.29 is 18.4 Å². The molecule has 1 atom stereocenters. The van der Waals surface area contributed by atoms with Gasteiger partial charge in [-0.25, -0.2) is 8.42 Å². The van der Waals surface area contributed by atoms with Crippen molar-refractivity contribution in [2.75, 3.05) is 10.9 Å². The number of aliphatic hydroxyl groups excluding tert-OH is 1. The molecule has 0 radical (unpaired) electrons. The summed E-state index contributed by atoms with van der Waals surface area (Å²) in [5.41, 5.74) is 1.52. The number of benzene rings is 2. The fraction of sp³-hybridized carbons (Fsp3) is 0.250. The summed E-state index contributed by atoms with van der Waals surface area (Å²) in [6, 6.07) is 10.2. The summed E-state index contributed by atoms with van der Waals surface area (Å²) < 4.78 is 27.3. The van der Waals surface area contributed by atoms with Crippen LogP contribution in [0.1, 0.15) is 11.1 Å². The predicted molar refractivity (Wildman–Crippen MR) is 88.5 cm³/mol. The maximum absolute atomic E-state index is 13.0. The minimum Gasteiger partial charge on any atom is -0.394 e. The van der Waals surface area contributed by atoms with E-state index in [4.69, 9.17) is 0 Å². The van der Waals surface area contributed by atoms with Crippen LogP contribution in [0.4, 0.5) is 11.4 Å². The summed E-state index contributed by atoms with van der Waals surface area (Å²) in [7, 11) is -3.93. The molecule has 0 amide bonds. The zero-order valence-corrected chi connectivity index (χ0v) is 13.7. The molecule has 1 unspecified atom stereocenters. The minimum atomic E-state index is -3.93. The SMILES string of the molecule is Cc1cc(S(=O)(=O)N2c3ccccc3CC2CO)ccc1[N+](=O)[O-]. The van der Waals surface area contributed by atoms with E-state index in [-0.39, 0.29) is 22.8 Å². The lowest BCUT2D eigenvalue weighted by Crippen LogP contribution is -2.39. The summed E-state index contributed by atoms with van der Waals surface area (Å²) in [6.07, 6.45) is 0.428. The molecule has 0 saturated heterocycles. The van der Waals surface area contributed by atoms with Crippen molar-refractivity contribution in [3.05, 3.63) is 63.7 Å². The normalized spacial score (nSPS) is 16.9. The first-order valence-corrected chi connectivity index (χ1v) is 8.78. The Bertz CT molecular complexity index is 910. The van der Waals surface area contributed by atoms with Crippen molar-refractivity contribution in [2.24, 2.45) is 0 Å². The van der Waals surface area contributed by atoms with Gasteiger partial charge in [-0.05, 0) is 37.1 Å². The molecule has 24 heavy (non-hydrogen) atoms. The topological polar surface area (TPSA) is 101 Å². The number of hydrogen-bond acceptors (Lipinski definition) is 5. The van der Waals surface area contributed by atoms with Gasteiger partial charge in [0.2, 0.25) is 0 Å². The van der Waals surface area contributed by atoms with E-state index in [1.807, 2.05) is 12.1 Å². The molecule has 0 aromatic heterocycles. The quantitative estimate of drug-likeness (QED) is 0.673. The number of anilines is 1. The van der Waals surface area contributed by atoms with Crippen LogP contribution in [0.3, 0.4) is 0 Å². The van der Waals surface area contributed by atoms with E-state index in [9.17, 15) is 23.6 Å². The second kappa shape index (κ2) is 5.88. The molecule has 0 saturated carbocycles. The number of aryl methyl sites for hydroxylation is 1. The Labute approximate surface area is 139 Å². The molecule has 7 nitrogen and oxygen atoms in total. The molecule has 2 aromatic carbocycles. The molecule has 8 heteroatoms. The van der Waals surface area contributed by atoms with Gasteiger partial charge in [0, 0.05) is 11.6 Å². The number of nitro benzene ring substituents is 1. The fourth-order valence-corrected chi connectivity index (χ4v) is 4.77. The third kappa shape index (κ3) is 2.53. The number of para-hydroxylation sites is 1. The van der Waals surface area contributed by atoms with Gasteiger partial charge in [0.1, 0.15) is 0 Å². The first-order valence-electron chi connectivity index (χ1n) is 7.34. The van der Waals surface area contributed by atoms with E-state index in [1.165, 1.54) is 29.4 Å². The van der Waals surface area contributed by atoms with E-state index in [0.717, 1.165) is 5.56 Å². The number of nitrogens with zero attached hydrogens (tertiary/aromatic N) is 2. The van der Waals surface area contributed by atoms with Crippen molar-refractivity contribution in [2.45, 2.75) is 24.3 Å². The molecule has 1 aliphatic rings. The highest BCUT2D eigenvalue weighted by Gasteiger charge is 2.38. The Morgan fingerprint density at radius 3 is 2.62 bits per heavy atom. The van der Waals surface area contributed by atoms with Gasteiger partial charge in [0.25, 0.3) is 15.7 Å². The third-order valence-electron chi connectivity index (χ3n) is 4.15. The maximum Gasteiger partial charge on any atom is 0.272 e. The Kier molecular flexibility index (Phi) is 4.02. The van der Waals surface area contributed by atoms with Crippen LogP contribution in [-0.2, 0) is 16.4 Å². The molecule has 0 spiro atoms. The number of fused-ring (bicyclic) bond motifs is 1. The fourth-order valence-electron chi connectivity index (χ4n) is 3.00. The van der Waals surface area contributed by atoms with Gasteiger partial charge in [-0.1, -0.05) is 18.2 Å². The summed E-state index contributed by atoms with van der Waals surface area (Å²) in [4.78, 5) is 10.3. The first kappa shape index (κ1) is 16.4. The molecule has 0 aliphatic carbocycles. The number of sulfonamides is 1. The van der Waals surface area contributed by atoms with E-state index in [0.29, 0.717) is 12.1 Å². The zero-order valence-electron chi connectivity index (χ0n) is 12.9. The summed E-state index contributed by atoms with van der Waals surface area (Å²) in [6.45, 7) is 1.19. The highest BCUT2D eigenvalue weighted by atomic mass is 32.2. The average Bonchev–Trinajstić information content (AvgIpc) is 2.93. The van der Waals surface area contributed by atoms with Gasteiger partial charge in [-0.2, -0.15) is 0 Å². The van der Waals surface area contributed by atoms with Crippen LogP contribution < -0.4 is 4.31 Å². The molecule has 2 aromatic rings. The molecule has 0 bridgehead atoms. The van der Waals surface area contributed by atoms with Crippen molar-refractivity contribution in [3.63, 3.8) is 0 Å². The zero-order chi connectivity index (χ0) is 17.5. The van der Waals surface area contributed by atoms with E-state index < -0.39 is 21.0 Å². The standard InChI is InChI=1S/C16H16N2O5S/c1-11-8-14(6-7-15(11)18(20)21)24(22,23)17-13(10-19)9-12-4-2-3-5-16(12)17/h2-8,13,19H,9-10H2,1H3. The smallest absolute Gasteiger partial charge is 0.272 e. The maximum atomic E-state index is 13.0. The van der Waals surface area contributed by atoms with Gasteiger partial charge in [-0.15, -0.1) is 0 Å². The van der Waals surface area contributed by atoms with Gasteiger partial charge in [-0.3, -0.25) is 14.4 Å². The number of hydrogen-bond donors (Lipinski definition) is 1. The lowest BCUT2D eigenvalue weighted by molar-refractivity contribution is -0.385. The van der Waals surface area contributed by atoms with Crippen LogP contribution in [0.25, 0.3) is 0 Å². The highest BCUT2D eigenvalue weighted by molar-refractivity contribution is 7.92. The van der Waals surface area contributed by atoms with Crippen LogP contribution in [0.5, 0.6) is 0 Å². The van der Waals surface area contributed by atoms with Crippen LogP contribution in [0.15, 0.2) is 47.4 Å². The van der Waals surface area contributed by atoms with Crippen molar-refractivity contribution >= 4 is 21.4 Å². The van der Waals surface area contributed by atoms with Gasteiger partial charge < -0.3 is 5.11 Å². The van der Waals surface area contributed by atoms with Crippen molar-refractivity contribution in [1.29, 1.82) is 0 Å². The Balaban J connectivity index is 2.10. The predicted octanol–water partition coefficient (Wildman–Crippen LogP) is 2.02. The van der Waals surface area contributed by atoms with Crippen LogP contribution in [-0.4, -0.2) is 31.1 Å². The van der Waals surface area contributed by atoms with Crippen LogP contribution in [0.2, 0.25) is 0 Å². The summed E-state index contributed by atoms with van der Waals surface area (Å²) >= 11 is 0. The van der Waals surface area contributed by atoms with Crippen molar-refractivity contribution in [3.8, 4) is 0 Å². The Morgan fingerprint density at radius 1 is 1.29 bits per heavy atom. The lowest BCUT2D eigenvalue weighted by Gasteiger charge is -2.25. The lowest BCUT2D eigenvalue weighted by atomic mass is 10.1. The highest BCUT2D eigenvalue weighted by Crippen LogP contribution is 2.37. The van der Waals surface area contributed by atoms with Crippen LogP contribution >= 0.6 is 0 Å². The summed E-state index contributed by atoms with van der Waals surface area (Å²) in [5, 5.41) is 20.5. The monoisotopic (exact) mass is 348 g/mol. The van der Waals surface area contributed by atoms with Crippen LogP contribution in [0, 0.1) is 17.0 Å². The third-order valence-corrected chi connectivity index (χ3v) is 6.01. The molecule has 1 aliphatic heterocycles. The van der Waals surface area contributed by atoms with Gasteiger partial charge in [0.05, 0.1) is 28.2 Å².